The van der Waals surface area contributed by atoms with Gasteiger partial charge in [-0.3, -0.25) is 4.79 Å². The third-order valence-electron chi connectivity index (χ3n) is 3.62. The van der Waals surface area contributed by atoms with Gasteiger partial charge in [0.15, 0.2) is 0 Å². The molecule has 1 atom stereocenters. The first-order chi connectivity index (χ1) is 9.82. The molecule has 1 aliphatic carbocycles. The van der Waals surface area contributed by atoms with Crippen molar-refractivity contribution in [3.63, 3.8) is 0 Å². The van der Waals surface area contributed by atoms with Gasteiger partial charge in [0.2, 0.25) is 10.0 Å². The van der Waals surface area contributed by atoms with E-state index in [-0.39, 0.29) is 29.0 Å². The molecule has 7 heteroatoms. The first-order valence-corrected chi connectivity index (χ1v) is 8.33. The zero-order chi connectivity index (χ0) is 15.6. The van der Waals surface area contributed by atoms with Crippen LogP contribution in [0.2, 0.25) is 0 Å². The summed E-state index contributed by atoms with van der Waals surface area (Å²) in [4.78, 5) is 12.1. The maximum atomic E-state index is 12.2. The van der Waals surface area contributed by atoms with Gasteiger partial charge in [-0.25, -0.2) is 13.6 Å². The van der Waals surface area contributed by atoms with Gasteiger partial charge >= 0.3 is 0 Å². The number of sulfonamides is 1. The number of hydrogen-bond donors (Lipinski definition) is 2. The molecule has 1 aromatic rings. The summed E-state index contributed by atoms with van der Waals surface area (Å²) in [6.45, 7) is 2.07. The molecular formula is C14H20N2O4S. The molecule has 0 radical (unpaired) electrons. The number of hydrogen-bond acceptors (Lipinski definition) is 4. The Labute approximate surface area is 124 Å². The lowest BCUT2D eigenvalue weighted by Gasteiger charge is -2.14. The first-order valence-electron chi connectivity index (χ1n) is 6.78. The number of methoxy groups -OCH3 is 1. The highest BCUT2D eigenvalue weighted by molar-refractivity contribution is 7.89. The second-order valence-electron chi connectivity index (χ2n) is 5.40. The summed E-state index contributed by atoms with van der Waals surface area (Å²) in [5, 5.41) is 8.08. The molecule has 6 nitrogen and oxygen atoms in total. The SMILES string of the molecule is COCc1ccc(C(=O)NC(C)C2CC2)cc1S(N)(=O)=O. The van der Waals surface area contributed by atoms with E-state index in [0.717, 1.165) is 12.8 Å². The van der Waals surface area contributed by atoms with E-state index in [0.29, 0.717) is 11.5 Å². The third-order valence-corrected chi connectivity index (χ3v) is 4.62. The molecule has 0 saturated heterocycles. The largest absolute Gasteiger partial charge is 0.380 e. The second-order valence-corrected chi connectivity index (χ2v) is 6.93. The van der Waals surface area contributed by atoms with Crippen molar-refractivity contribution in [2.75, 3.05) is 7.11 Å². The van der Waals surface area contributed by atoms with Crippen LogP contribution in [0.5, 0.6) is 0 Å². The van der Waals surface area contributed by atoms with Crippen LogP contribution in [0, 0.1) is 5.92 Å². The zero-order valence-electron chi connectivity index (χ0n) is 12.1. The average molecular weight is 312 g/mol. The number of primary sulfonamides is 1. The number of benzene rings is 1. The fourth-order valence-corrected chi connectivity index (χ4v) is 3.02. The molecule has 1 unspecified atom stereocenters. The Balaban J connectivity index is 2.26. The van der Waals surface area contributed by atoms with Crippen molar-refractivity contribution < 1.29 is 17.9 Å². The number of amides is 1. The highest BCUT2D eigenvalue weighted by Gasteiger charge is 2.29. The number of carbonyl (C=O) groups excluding carboxylic acids is 1. The molecule has 0 aliphatic heterocycles. The molecule has 21 heavy (non-hydrogen) atoms. The van der Waals surface area contributed by atoms with Crippen molar-refractivity contribution in [1.82, 2.24) is 5.32 Å². The van der Waals surface area contributed by atoms with E-state index in [1.54, 1.807) is 12.1 Å². The third kappa shape index (κ3) is 4.03. The van der Waals surface area contributed by atoms with Crippen molar-refractivity contribution >= 4 is 15.9 Å². The lowest BCUT2D eigenvalue weighted by molar-refractivity contribution is 0.0935. The summed E-state index contributed by atoms with van der Waals surface area (Å²) in [5.74, 6) is 0.239. The van der Waals surface area contributed by atoms with Gasteiger partial charge in [-0.15, -0.1) is 0 Å². The van der Waals surface area contributed by atoms with Gasteiger partial charge in [-0.05, 0) is 43.4 Å². The van der Waals surface area contributed by atoms with Crippen LogP contribution in [-0.2, 0) is 21.4 Å². The summed E-state index contributed by atoms with van der Waals surface area (Å²) in [7, 11) is -2.44. The highest BCUT2D eigenvalue weighted by Crippen LogP contribution is 2.32. The normalized spacial score (nSPS) is 16.5. The topological polar surface area (TPSA) is 98.5 Å². The molecule has 1 saturated carbocycles. The highest BCUT2D eigenvalue weighted by atomic mass is 32.2. The Morgan fingerprint density at radius 2 is 2.14 bits per heavy atom. The van der Waals surface area contributed by atoms with Crippen molar-refractivity contribution in [2.24, 2.45) is 11.1 Å². The monoisotopic (exact) mass is 312 g/mol. The minimum atomic E-state index is -3.90. The fraction of sp³-hybridized carbons (Fsp3) is 0.500. The molecule has 1 fully saturated rings. The summed E-state index contributed by atoms with van der Waals surface area (Å²) in [6, 6.07) is 4.53. The van der Waals surface area contributed by atoms with Crippen LogP contribution in [0.1, 0.15) is 35.7 Å². The van der Waals surface area contributed by atoms with Crippen LogP contribution in [0.3, 0.4) is 0 Å². The molecule has 0 aromatic heterocycles. The van der Waals surface area contributed by atoms with Crippen LogP contribution in [0.25, 0.3) is 0 Å². The Kier molecular flexibility index (Phi) is 4.65. The molecule has 1 aromatic carbocycles. The van der Waals surface area contributed by atoms with Gasteiger partial charge in [0, 0.05) is 18.7 Å². The number of rotatable bonds is 6. The van der Waals surface area contributed by atoms with E-state index >= 15 is 0 Å². The maximum Gasteiger partial charge on any atom is 0.251 e. The van der Waals surface area contributed by atoms with Crippen molar-refractivity contribution in [3.05, 3.63) is 29.3 Å². The zero-order valence-corrected chi connectivity index (χ0v) is 12.9. The lowest BCUT2D eigenvalue weighted by Crippen LogP contribution is -2.34. The van der Waals surface area contributed by atoms with E-state index < -0.39 is 10.0 Å². The molecule has 116 valence electrons. The molecular weight excluding hydrogens is 292 g/mol. The molecule has 0 heterocycles. The number of nitrogens with one attached hydrogen (secondary N) is 1. The van der Waals surface area contributed by atoms with Gasteiger partial charge in [-0.1, -0.05) is 6.07 Å². The van der Waals surface area contributed by atoms with Gasteiger partial charge < -0.3 is 10.1 Å². The number of nitrogens with two attached hydrogens (primary N) is 1. The maximum absolute atomic E-state index is 12.2. The summed E-state index contributed by atoms with van der Waals surface area (Å²) in [5.41, 5.74) is 0.721. The summed E-state index contributed by atoms with van der Waals surface area (Å²) in [6.07, 6.45) is 2.24. The molecule has 1 aliphatic rings. The van der Waals surface area contributed by atoms with Crippen LogP contribution in [0.4, 0.5) is 0 Å². The first kappa shape index (κ1) is 15.9. The lowest BCUT2D eigenvalue weighted by atomic mass is 10.1. The smallest absolute Gasteiger partial charge is 0.251 e. The number of ether oxygens (including phenoxy) is 1. The van der Waals surface area contributed by atoms with Crippen LogP contribution in [-0.4, -0.2) is 27.5 Å². The standard InChI is InChI=1S/C14H20N2O4S/c1-9(10-3-4-10)16-14(17)11-5-6-12(8-20-2)13(7-11)21(15,18)19/h5-7,9-10H,3-4,8H2,1-2H3,(H,16,17)(H2,15,18,19). The Morgan fingerprint density at radius 1 is 1.48 bits per heavy atom. The van der Waals surface area contributed by atoms with Gasteiger partial charge in [0.05, 0.1) is 11.5 Å². The van der Waals surface area contributed by atoms with Crippen molar-refractivity contribution in [3.8, 4) is 0 Å². The Hall–Kier alpha value is -1.44. The molecule has 1 amide bonds. The molecule has 0 spiro atoms. The predicted molar refractivity (Wildman–Crippen MR) is 78.2 cm³/mol. The molecule has 3 N–H and O–H groups in total. The quantitative estimate of drug-likeness (QED) is 0.819. The van der Waals surface area contributed by atoms with Crippen LogP contribution in [0.15, 0.2) is 23.1 Å². The second kappa shape index (κ2) is 6.13. The van der Waals surface area contributed by atoms with Crippen molar-refractivity contribution in [2.45, 2.75) is 37.3 Å². The minimum absolute atomic E-state index is 0.0731. The number of carbonyl (C=O) groups is 1. The van der Waals surface area contributed by atoms with Gasteiger partial charge in [0.1, 0.15) is 0 Å². The predicted octanol–water partition coefficient (Wildman–Crippen LogP) is 1.01. The van der Waals surface area contributed by atoms with Gasteiger partial charge in [-0.2, -0.15) is 0 Å². The Bertz CT molecular complexity index is 638. The Morgan fingerprint density at radius 3 is 2.67 bits per heavy atom. The van der Waals surface area contributed by atoms with Crippen LogP contribution < -0.4 is 10.5 Å². The van der Waals surface area contributed by atoms with E-state index in [1.165, 1.54) is 13.2 Å². The van der Waals surface area contributed by atoms with Crippen LogP contribution >= 0.6 is 0 Å². The molecule has 2 rings (SSSR count). The summed E-state index contributed by atoms with van der Waals surface area (Å²) >= 11 is 0. The van der Waals surface area contributed by atoms with E-state index in [1.807, 2.05) is 6.92 Å². The summed E-state index contributed by atoms with van der Waals surface area (Å²) < 4.78 is 28.2. The minimum Gasteiger partial charge on any atom is -0.380 e. The molecule has 0 bridgehead atoms. The average Bonchev–Trinajstić information content (AvgIpc) is 3.22. The van der Waals surface area contributed by atoms with E-state index in [4.69, 9.17) is 9.88 Å². The van der Waals surface area contributed by atoms with E-state index in [2.05, 4.69) is 5.32 Å². The fourth-order valence-electron chi connectivity index (χ4n) is 2.24. The van der Waals surface area contributed by atoms with Gasteiger partial charge in [0.25, 0.3) is 5.91 Å². The van der Waals surface area contributed by atoms with E-state index in [9.17, 15) is 13.2 Å². The van der Waals surface area contributed by atoms with Crippen molar-refractivity contribution in [1.29, 1.82) is 0 Å².